The van der Waals surface area contributed by atoms with Crippen LogP contribution in [0.25, 0.3) is 0 Å². The van der Waals surface area contributed by atoms with E-state index >= 15 is 0 Å². The van der Waals surface area contributed by atoms with E-state index in [2.05, 4.69) is 5.48 Å². The molecule has 1 unspecified atom stereocenters. The fourth-order valence-electron chi connectivity index (χ4n) is 0.437. The van der Waals surface area contributed by atoms with Crippen LogP contribution in [0.1, 0.15) is 27.2 Å². The molecule has 0 radical (unpaired) electrons. The fraction of sp³-hybridized carbons (Fsp3) is 0.857. The third-order valence-electron chi connectivity index (χ3n) is 1.17. The van der Waals surface area contributed by atoms with Crippen molar-refractivity contribution in [3.05, 3.63) is 0 Å². The number of amides is 1. The van der Waals surface area contributed by atoms with E-state index in [0.717, 1.165) is 0 Å². The molecule has 66 valence electrons. The second kappa shape index (κ2) is 5.09. The van der Waals surface area contributed by atoms with E-state index in [-0.39, 0.29) is 12.0 Å². The Bertz CT molecular complexity index is 126. The van der Waals surface area contributed by atoms with Crippen molar-refractivity contribution >= 4 is 5.91 Å². The molecule has 0 aliphatic carbocycles. The summed E-state index contributed by atoms with van der Waals surface area (Å²) in [6.07, 6.45) is 0.607. The Hall–Kier alpha value is -0.610. The van der Waals surface area contributed by atoms with E-state index < -0.39 is 6.04 Å². The summed E-state index contributed by atoms with van der Waals surface area (Å²) in [7, 11) is 0. The normalized spacial score (nSPS) is 13.2. The molecule has 0 fully saturated rings. The quantitative estimate of drug-likeness (QED) is 0.576. The fourth-order valence-corrected chi connectivity index (χ4v) is 0.437. The number of hydrogen-bond donors (Lipinski definition) is 2. The van der Waals surface area contributed by atoms with Crippen molar-refractivity contribution in [3.8, 4) is 0 Å². The van der Waals surface area contributed by atoms with Crippen LogP contribution in [0.15, 0.2) is 0 Å². The van der Waals surface area contributed by atoms with Gasteiger partial charge in [-0.1, -0.05) is 6.92 Å². The van der Waals surface area contributed by atoms with Crippen LogP contribution in [0.5, 0.6) is 0 Å². The van der Waals surface area contributed by atoms with Crippen molar-refractivity contribution < 1.29 is 9.63 Å². The van der Waals surface area contributed by atoms with Gasteiger partial charge >= 0.3 is 0 Å². The first-order valence-electron chi connectivity index (χ1n) is 3.79. The van der Waals surface area contributed by atoms with Crippen molar-refractivity contribution in [2.24, 2.45) is 5.73 Å². The molecule has 0 aromatic carbocycles. The lowest BCUT2D eigenvalue weighted by Gasteiger charge is -2.11. The number of rotatable bonds is 4. The van der Waals surface area contributed by atoms with Crippen LogP contribution in [0.3, 0.4) is 0 Å². The van der Waals surface area contributed by atoms with Crippen LogP contribution in [-0.4, -0.2) is 18.1 Å². The highest BCUT2D eigenvalue weighted by molar-refractivity contribution is 5.80. The van der Waals surface area contributed by atoms with Gasteiger partial charge in [-0.05, 0) is 20.3 Å². The minimum Gasteiger partial charge on any atom is -0.320 e. The maximum absolute atomic E-state index is 10.9. The first kappa shape index (κ1) is 10.4. The molecule has 0 saturated heterocycles. The van der Waals surface area contributed by atoms with Crippen LogP contribution in [0.2, 0.25) is 0 Å². The van der Waals surface area contributed by atoms with Gasteiger partial charge in [-0.15, -0.1) is 0 Å². The Morgan fingerprint density at radius 2 is 2.18 bits per heavy atom. The van der Waals surface area contributed by atoms with E-state index in [9.17, 15) is 4.79 Å². The molecular formula is C7H16N2O2. The molecule has 1 amide bonds. The maximum atomic E-state index is 10.9. The molecule has 0 bridgehead atoms. The van der Waals surface area contributed by atoms with Gasteiger partial charge in [0.1, 0.15) is 0 Å². The Kier molecular flexibility index (Phi) is 4.81. The van der Waals surface area contributed by atoms with E-state index in [1.54, 1.807) is 0 Å². The number of carbonyl (C=O) groups excluding carboxylic acids is 1. The van der Waals surface area contributed by atoms with Crippen molar-refractivity contribution in [3.63, 3.8) is 0 Å². The molecule has 0 spiro atoms. The molecule has 4 nitrogen and oxygen atoms in total. The zero-order valence-corrected chi connectivity index (χ0v) is 7.26. The summed E-state index contributed by atoms with van der Waals surface area (Å²) in [6, 6.07) is -0.464. The summed E-state index contributed by atoms with van der Waals surface area (Å²) in [5, 5.41) is 0. The van der Waals surface area contributed by atoms with Gasteiger partial charge in [0.05, 0.1) is 12.1 Å². The van der Waals surface area contributed by atoms with Crippen LogP contribution in [0.4, 0.5) is 0 Å². The molecule has 0 aromatic rings. The highest BCUT2D eigenvalue weighted by Crippen LogP contribution is 1.87. The third kappa shape index (κ3) is 4.75. The number of nitrogens with one attached hydrogen (secondary N) is 1. The average molecular weight is 160 g/mol. The van der Waals surface area contributed by atoms with Crippen molar-refractivity contribution in [2.75, 3.05) is 0 Å². The van der Waals surface area contributed by atoms with Crippen LogP contribution in [0, 0.1) is 0 Å². The molecule has 3 N–H and O–H groups in total. The highest BCUT2D eigenvalue weighted by Gasteiger charge is 2.10. The van der Waals surface area contributed by atoms with Crippen LogP contribution >= 0.6 is 0 Å². The maximum Gasteiger partial charge on any atom is 0.260 e. The highest BCUT2D eigenvalue weighted by atomic mass is 16.7. The molecule has 11 heavy (non-hydrogen) atoms. The van der Waals surface area contributed by atoms with Crippen LogP contribution in [-0.2, 0) is 9.63 Å². The van der Waals surface area contributed by atoms with Crippen molar-refractivity contribution in [1.82, 2.24) is 5.48 Å². The zero-order chi connectivity index (χ0) is 8.85. The van der Waals surface area contributed by atoms with E-state index in [0.29, 0.717) is 6.42 Å². The molecule has 1 atom stereocenters. The average Bonchev–Trinajstić information content (AvgIpc) is 1.98. The number of hydroxylamine groups is 1. The largest absolute Gasteiger partial charge is 0.320 e. The minimum absolute atomic E-state index is 0.0111. The molecule has 0 aromatic heterocycles. The van der Waals surface area contributed by atoms with Gasteiger partial charge in [-0.3, -0.25) is 9.63 Å². The second-order valence-corrected chi connectivity index (χ2v) is 2.65. The van der Waals surface area contributed by atoms with Crippen molar-refractivity contribution in [1.29, 1.82) is 0 Å². The summed E-state index contributed by atoms with van der Waals surface area (Å²) in [5.74, 6) is -0.263. The van der Waals surface area contributed by atoms with Gasteiger partial charge in [0.25, 0.3) is 5.91 Å². The molecule has 0 heterocycles. The molecule has 0 rings (SSSR count). The SMILES string of the molecule is CCC(N)C(=O)NOC(C)C. The van der Waals surface area contributed by atoms with E-state index in [4.69, 9.17) is 10.6 Å². The monoisotopic (exact) mass is 160 g/mol. The zero-order valence-electron chi connectivity index (χ0n) is 7.26. The number of nitrogens with two attached hydrogens (primary N) is 1. The molecule has 0 aliphatic heterocycles. The van der Waals surface area contributed by atoms with Gasteiger partial charge in [-0.25, -0.2) is 5.48 Å². The van der Waals surface area contributed by atoms with E-state index in [1.165, 1.54) is 0 Å². The standard InChI is InChI=1S/C7H16N2O2/c1-4-6(8)7(10)9-11-5(2)3/h5-6H,4,8H2,1-3H3,(H,9,10). The van der Waals surface area contributed by atoms with E-state index in [1.807, 2.05) is 20.8 Å². The van der Waals surface area contributed by atoms with Crippen molar-refractivity contribution in [2.45, 2.75) is 39.3 Å². The van der Waals surface area contributed by atoms with Gasteiger partial charge in [0.15, 0.2) is 0 Å². The smallest absolute Gasteiger partial charge is 0.260 e. The molecule has 0 aliphatic rings. The molecule has 4 heteroatoms. The van der Waals surface area contributed by atoms with Gasteiger partial charge in [-0.2, -0.15) is 0 Å². The topological polar surface area (TPSA) is 64.4 Å². The second-order valence-electron chi connectivity index (χ2n) is 2.65. The van der Waals surface area contributed by atoms with Crippen LogP contribution < -0.4 is 11.2 Å². The Morgan fingerprint density at radius 3 is 2.55 bits per heavy atom. The Balaban J connectivity index is 3.52. The number of hydrogen-bond acceptors (Lipinski definition) is 3. The lowest BCUT2D eigenvalue weighted by Crippen LogP contribution is -2.41. The molecular weight excluding hydrogens is 144 g/mol. The predicted molar refractivity (Wildman–Crippen MR) is 42.6 cm³/mol. The summed E-state index contributed by atoms with van der Waals surface area (Å²) in [6.45, 7) is 5.51. The van der Waals surface area contributed by atoms with Gasteiger partial charge < -0.3 is 5.73 Å². The summed E-state index contributed by atoms with van der Waals surface area (Å²) >= 11 is 0. The Morgan fingerprint density at radius 1 is 1.64 bits per heavy atom. The van der Waals surface area contributed by atoms with Gasteiger partial charge in [0.2, 0.25) is 0 Å². The lowest BCUT2D eigenvalue weighted by molar-refractivity contribution is -0.138. The first-order chi connectivity index (χ1) is 5.07. The molecule has 0 saturated carbocycles. The summed E-state index contributed by atoms with van der Waals surface area (Å²) < 4.78 is 0. The summed E-state index contributed by atoms with van der Waals surface area (Å²) in [5.41, 5.74) is 7.68. The lowest BCUT2D eigenvalue weighted by atomic mass is 10.2. The summed E-state index contributed by atoms with van der Waals surface area (Å²) in [4.78, 5) is 15.8. The first-order valence-corrected chi connectivity index (χ1v) is 3.79. The predicted octanol–water partition coefficient (Wildman–Crippen LogP) is 0.180. The third-order valence-corrected chi connectivity index (χ3v) is 1.17. The Labute approximate surface area is 67.0 Å². The number of carbonyl (C=O) groups is 1. The minimum atomic E-state index is -0.464. The van der Waals surface area contributed by atoms with Gasteiger partial charge in [0, 0.05) is 0 Å².